The molecule has 0 aliphatic heterocycles. The van der Waals surface area contributed by atoms with Crippen LogP contribution in [0.2, 0.25) is 5.02 Å². The lowest BCUT2D eigenvalue weighted by Gasteiger charge is -2.17. The van der Waals surface area contributed by atoms with E-state index < -0.39 is 0 Å². The molecule has 0 saturated carbocycles. The Bertz CT molecular complexity index is 253. The van der Waals surface area contributed by atoms with Crippen molar-refractivity contribution in [2.24, 2.45) is 0 Å². The Labute approximate surface area is 84.6 Å². The fourth-order valence-corrected chi connectivity index (χ4v) is 1.39. The van der Waals surface area contributed by atoms with Crippen LogP contribution < -0.4 is 17.4 Å². The molecule has 12 heavy (non-hydrogen) atoms. The standard InChI is InChI=1S/C9H12ClN.ClH/c1-9(2,3)7-6-11-5-4-8(7)10;/h4-6H,1-3H3;1H. The number of nitrogens with one attached hydrogen (secondary N) is 1. The van der Waals surface area contributed by atoms with E-state index in [-0.39, 0.29) is 17.8 Å². The summed E-state index contributed by atoms with van der Waals surface area (Å²) in [5.41, 5.74) is 1.27. The Morgan fingerprint density at radius 1 is 1.33 bits per heavy atom. The van der Waals surface area contributed by atoms with E-state index in [1.54, 1.807) is 0 Å². The molecule has 1 heterocycles. The van der Waals surface area contributed by atoms with Crippen LogP contribution in [0.5, 0.6) is 0 Å². The first-order chi connectivity index (χ1) is 5.02. The number of pyridine rings is 1. The summed E-state index contributed by atoms with van der Waals surface area (Å²) in [6.45, 7) is 6.42. The first kappa shape index (κ1) is 11.7. The van der Waals surface area contributed by atoms with Crippen molar-refractivity contribution >= 4 is 11.6 Å². The lowest BCUT2D eigenvalue weighted by Crippen LogP contribution is -3.00. The van der Waals surface area contributed by atoms with Crippen LogP contribution in [0.25, 0.3) is 0 Å². The lowest BCUT2D eigenvalue weighted by atomic mass is 9.88. The topological polar surface area (TPSA) is 14.1 Å². The fourth-order valence-electron chi connectivity index (χ4n) is 0.986. The van der Waals surface area contributed by atoms with Crippen molar-refractivity contribution in [2.45, 2.75) is 26.2 Å². The summed E-state index contributed by atoms with van der Waals surface area (Å²) in [7, 11) is 0. The summed E-state index contributed by atoms with van der Waals surface area (Å²) in [6.07, 6.45) is 3.78. The molecule has 0 fully saturated rings. The highest BCUT2D eigenvalue weighted by molar-refractivity contribution is 6.31. The Kier molecular flexibility index (Phi) is 4.01. The van der Waals surface area contributed by atoms with Crippen LogP contribution >= 0.6 is 11.6 Å². The average Bonchev–Trinajstić information content (AvgIpc) is 1.86. The Morgan fingerprint density at radius 3 is 2.25 bits per heavy atom. The number of rotatable bonds is 0. The molecule has 1 N–H and O–H groups in total. The molecule has 0 atom stereocenters. The van der Waals surface area contributed by atoms with Gasteiger partial charge >= 0.3 is 0 Å². The number of halogens is 2. The average molecular weight is 206 g/mol. The van der Waals surface area contributed by atoms with Crippen molar-refractivity contribution in [3.63, 3.8) is 0 Å². The normalized spacial score (nSPS) is 10.7. The maximum absolute atomic E-state index is 5.99. The van der Waals surface area contributed by atoms with Crippen LogP contribution in [0.4, 0.5) is 0 Å². The van der Waals surface area contributed by atoms with E-state index in [1.807, 2.05) is 18.5 Å². The van der Waals surface area contributed by atoms with Gasteiger partial charge < -0.3 is 12.4 Å². The monoisotopic (exact) mass is 205 g/mol. The van der Waals surface area contributed by atoms with E-state index in [2.05, 4.69) is 25.8 Å². The van der Waals surface area contributed by atoms with Gasteiger partial charge in [0.15, 0.2) is 12.4 Å². The summed E-state index contributed by atoms with van der Waals surface area (Å²) in [4.78, 5) is 3.02. The first-order valence-electron chi connectivity index (χ1n) is 3.68. The zero-order valence-corrected chi connectivity index (χ0v) is 9.00. The molecule has 0 spiro atoms. The van der Waals surface area contributed by atoms with Gasteiger partial charge in [0, 0.05) is 11.6 Å². The predicted octanol–water partition coefficient (Wildman–Crippen LogP) is -0.544. The van der Waals surface area contributed by atoms with E-state index in [9.17, 15) is 0 Å². The highest BCUT2D eigenvalue weighted by Crippen LogP contribution is 2.26. The highest BCUT2D eigenvalue weighted by atomic mass is 35.5. The Hall–Kier alpha value is -0.270. The second kappa shape index (κ2) is 4.11. The molecule has 0 radical (unpaired) electrons. The molecule has 0 saturated heterocycles. The highest BCUT2D eigenvalue weighted by Gasteiger charge is 2.18. The first-order valence-corrected chi connectivity index (χ1v) is 4.05. The van der Waals surface area contributed by atoms with Crippen LogP contribution in [0.15, 0.2) is 18.5 Å². The van der Waals surface area contributed by atoms with Crippen LogP contribution in [0.1, 0.15) is 26.3 Å². The van der Waals surface area contributed by atoms with Crippen LogP contribution in [-0.4, -0.2) is 0 Å². The van der Waals surface area contributed by atoms with Crippen LogP contribution in [-0.2, 0) is 5.41 Å². The smallest absolute Gasteiger partial charge is 0.172 e. The second-order valence-corrected chi connectivity index (χ2v) is 4.06. The molecular weight excluding hydrogens is 193 g/mol. The zero-order valence-electron chi connectivity index (χ0n) is 7.49. The minimum Gasteiger partial charge on any atom is -1.00 e. The van der Waals surface area contributed by atoms with Crippen LogP contribution in [0.3, 0.4) is 0 Å². The van der Waals surface area contributed by atoms with Gasteiger partial charge in [-0.05, 0) is 5.41 Å². The minimum absolute atomic E-state index is 0. The lowest BCUT2D eigenvalue weighted by molar-refractivity contribution is -0.379. The number of hydrogen-bond donors (Lipinski definition) is 0. The summed E-state index contributed by atoms with van der Waals surface area (Å²) < 4.78 is 0. The van der Waals surface area contributed by atoms with Crippen molar-refractivity contribution in [1.82, 2.24) is 0 Å². The third kappa shape index (κ3) is 2.65. The fraction of sp³-hybridized carbons (Fsp3) is 0.444. The van der Waals surface area contributed by atoms with E-state index in [0.29, 0.717) is 0 Å². The molecule has 3 heteroatoms. The van der Waals surface area contributed by atoms with E-state index >= 15 is 0 Å². The molecular formula is C9H13Cl2N. The van der Waals surface area contributed by atoms with Gasteiger partial charge in [-0.3, -0.25) is 0 Å². The second-order valence-electron chi connectivity index (χ2n) is 3.66. The SMILES string of the molecule is CC(C)(C)c1c[nH+]ccc1Cl.[Cl-]. The third-order valence-electron chi connectivity index (χ3n) is 1.62. The van der Waals surface area contributed by atoms with Gasteiger partial charge in [-0.1, -0.05) is 32.4 Å². The van der Waals surface area contributed by atoms with E-state index in [1.165, 1.54) is 0 Å². The Morgan fingerprint density at radius 2 is 1.92 bits per heavy atom. The summed E-state index contributed by atoms with van der Waals surface area (Å²) in [6, 6.07) is 1.88. The molecule has 1 nitrogen and oxygen atoms in total. The third-order valence-corrected chi connectivity index (χ3v) is 1.95. The molecule has 0 unspecified atom stereocenters. The van der Waals surface area contributed by atoms with E-state index in [4.69, 9.17) is 11.6 Å². The molecule has 0 amide bonds. The molecule has 0 bridgehead atoms. The van der Waals surface area contributed by atoms with Crippen LogP contribution in [0, 0.1) is 0 Å². The molecule has 0 aromatic carbocycles. The molecule has 1 aromatic heterocycles. The van der Waals surface area contributed by atoms with Gasteiger partial charge in [0.2, 0.25) is 0 Å². The van der Waals surface area contributed by atoms with Crippen molar-refractivity contribution in [3.05, 3.63) is 29.0 Å². The molecule has 0 aliphatic carbocycles. The summed E-state index contributed by atoms with van der Waals surface area (Å²) in [5.74, 6) is 0. The Balaban J connectivity index is 0.00000121. The van der Waals surface area contributed by atoms with Gasteiger partial charge in [-0.25, -0.2) is 4.98 Å². The van der Waals surface area contributed by atoms with Gasteiger partial charge in [0.05, 0.1) is 5.02 Å². The van der Waals surface area contributed by atoms with Gasteiger partial charge in [0.1, 0.15) is 0 Å². The number of aromatic amines is 1. The maximum atomic E-state index is 5.99. The van der Waals surface area contributed by atoms with E-state index in [0.717, 1.165) is 10.6 Å². The summed E-state index contributed by atoms with van der Waals surface area (Å²) in [5, 5.41) is 0.830. The van der Waals surface area contributed by atoms with Gasteiger partial charge in [0.25, 0.3) is 0 Å². The molecule has 1 aromatic rings. The summed E-state index contributed by atoms with van der Waals surface area (Å²) >= 11 is 5.99. The van der Waals surface area contributed by atoms with Crippen molar-refractivity contribution < 1.29 is 17.4 Å². The number of hydrogen-bond acceptors (Lipinski definition) is 0. The molecule has 0 aliphatic rings. The van der Waals surface area contributed by atoms with Crippen molar-refractivity contribution in [3.8, 4) is 0 Å². The quantitative estimate of drug-likeness (QED) is 0.541. The van der Waals surface area contributed by atoms with Crippen molar-refractivity contribution in [2.75, 3.05) is 0 Å². The molecule has 1 rings (SSSR count). The maximum Gasteiger partial charge on any atom is 0.172 e. The number of H-pyrrole nitrogens is 1. The van der Waals surface area contributed by atoms with Gasteiger partial charge in [-0.2, -0.15) is 0 Å². The van der Waals surface area contributed by atoms with Crippen molar-refractivity contribution in [1.29, 1.82) is 0 Å². The molecule has 68 valence electrons. The minimum atomic E-state index is 0. The zero-order chi connectivity index (χ0) is 8.48. The largest absolute Gasteiger partial charge is 1.00 e. The number of aromatic nitrogens is 1. The predicted molar refractivity (Wildman–Crippen MR) is 46.7 cm³/mol. The van der Waals surface area contributed by atoms with Gasteiger partial charge in [-0.15, -0.1) is 0 Å².